The fourth-order valence-corrected chi connectivity index (χ4v) is 2.79. The lowest BCUT2D eigenvalue weighted by Gasteiger charge is -2.10. The summed E-state index contributed by atoms with van der Waals surface area (Å²) in [5.74, 6) is 0.464. The minimum Gasteiger partial charge on any atom is -0.492 e. The quantitative estimate of drug-likeness (QED) is 0.626. The third-order valence-electron chi connectivity index (χ3n) is 3.48. The zero-order valence-corrected chi connectivity index (χ0v) is 13.7. The largest absolute Gasteiger partial charge is 0.492 e. The molecule has 120 valence electrons. The Labute approximate surface area is 143 Å². The van der Waals surface area contributed by atoms with E-state index in [0.29, 0.717) is 35.5 Å². The van der Waals surface area contributed by atoms with Crippen molar-refractivity contribution in [3.63, 3.8) is 0 Å². The maximum Gasteiger partial charge on any atom is 0.130 e. The topological polar surface area (TPSA) is 37.0 Å². The average molecular weight is 353 g/mol. The first-order chi connectivity index (χ1) is 11.1. The molecule has 1 aromatic heterocycles. The van der Waals surface area contributed by atoms with E-state index in [-0.39, 0.29) is 5.82 Å². The van der Waals surface area contributed by atoms with E-state index in [1.165, 1.54) is 12.1 Å². The molecule has 2 N–H and O–H groups in total. The van der Waals surface area contributed by atoms with E-state index < -0.39 is 0 Å². The number of nitrogens with one attached hydrogen (secondary N) is 2. The number of ether oxygens (including phenoxy) is 1. The standard InChI is InChI=1S/C17H15Cl2FN2O/c18-13-5-6-15(16-14(19)10-22-17(13)16)23-8-7-21-9-11-1-3-12(20)4-2-11/h1-6,10,21-22H,7-9H2. The van der Waals surface area contributed by atoms with Crippen molar-refractivity contribution < 1.29 is 9.13 Å². The van der Waals surface area contributed by atoms with Gasteiger partial charge >= 0.3 is 0 Å². The van der Waals surface area contributed by atoms with E-state index in [1.807, 2.05) is 6.07 Å². The maximum atomic E-state index is 12.8. The summed E-state index contributed by atoms with van der Waals surface area (Å²) in [6.07, 6.45) is 1.69. The molecule has 0 spiro atoms. The molecular weight excluding hydrogens is 338 g/mol. The monoisotopic (exact) mass is 352 g/mol. The van der Waals surface area contributed by atoms with Crippen LogP contribution in [0.5, 0.6) is 5.75 Å². The van der Waals surface area contributed by atoms with Gasteiger partial charge in [-0.1, -0.05) is 35.3 Å². The number of halogens is 3. The lowest BCUT2D eigenvalue weighted by molar-refractivity contribution is 0.317. The van der Waals surface area contributed by atoms with Crippen LogP contribution in [0.25, 0.3) is 10.9 Å². The number of benzene rings is 2. The van der Waals surface area contributed by atoms with Crippen molar-refractivity contribution in [1.82, 2.24) is 10.3 Å². The molecular formula is C17H15Cl2FN2O. The van der Waals surface area contributed by atoms with E-state index in [9.17, 15) is 4.39 Å². The van der Waals surface area contributed by atoms with Gasteiger partial charge in [0.2, 0.25) is 0 Å². The molecule has 3 nitrogen and oxygen atoms in total. The molecule has 0 fully saturated rings. The van der Waals surface area contributed by atoms with Crippen LogP contribution < -0.4 is 10.1 Å². The Hall–Kier alpha value is -1.75. The number of H-pyrrole nitrogens is 1. The minimum absolute atomic E-state index is 0.229. The van der Waals surface area contributed by atoms with Gasteiger partial charge in [-0.15, -0.1) is 0 Å². The second-order valence-electron chi connectivity index (χ2n) is 5.08. The average Bonchev–Trinajstić information content (AvgIpc) is 2.94. The highest BCUT2D eigenvalue weighted by atomic mass is 35.5. The second-order valence-corrected chi connectivity index (χ2v) is 5.90. The SMILES string of the molecule is Fc1ccc(CNCCOc2ccc(Cl)c3[nH]cc(Cl)c23)cc1. The normalized spacial score (nSPS) is 11.1. The van der Waals surface area contributed by atoms with Crippen molar-refractivity contribution >= 4 is 34.1 Å². The molecule has 23 heavy (non-hydrogen) atoms. The molecule has 3 rings (SSSR count). The lowest BCUT2D eigenvalue weighted by Crippen LogP contribution is -2.20. The first kappa shape index (κ1) is 16.1. The summed E-state index contributed by atoms with van der Waals surface area (Å²) in [6.45, 7) is 1.80. The first-order valence-electron chi connectivity index (χ1n) is 7.18. The van der Waals surface area contributed by atoms with E-state index >= 15 is 0 Å². The van der Waals surface area contributed by atoms with E-state index in [1.54, 1.807) is 24.4 Å². The molecule has 0 aliphatic heterocycles. The molecule has 2 aromatic carbocycles. The molecule has 0 unspecified atom stereocenters. The van der Waals surface area contributed by atoms with Crippen LogP contribution in [-0.2, 0) is 6.54 Å². The van der Waals surface area contributed by atoms with Crippen LogP contribution in [0.2, 0.25) is 10.0 Å². The van der Waals surface area contributed by atoms with Crippen molar-refractivity contribution in [1.29, 1.82) is 0 Å². The Kier molecular flexibility index (Phi) is 5.06. The molecule has 1 heterocycles. The lowest BCUT2D eigenvalue weighted by atomic mass is 10.2. The Balaban J connectivity index is 1.54. The van der Waals surface area contributed by atoms with Crippen LogP contribution in [0, 0.1) is 5.82 Å². The van der Waals surface area contributed by atoms with Crippen LogP contribution in [0.15, 0.2) is 42.6 Å². The van der Waals surface area contributed by atoms with Gasteiger partial charge in [0.1, 0.15) is 18.2 Å². The van der Waals surface area contributed by atoms with Gasteiger partial charge in [0, 0.05) is 19.3 Å². The van der Waals surface area contributed by atoms with Gasteiger partial charge in [-0.05, 0) is 29.8 Å². The Bertz CT molecular complexity index is 802. The van der Waals surface area contributed by atoms with E-state index in [2.05, 4.69) is 10.3 Å². The summed E-state index contributed by atoms with van der Waals surface area (Å²) >= 11 is 12.3. The van der Waals surface area contributed by atoms with Crippen LogP contribution in [-0.4, -0.2) is 18.1 Å². The van der Waals surface area contributed by atoms with Crippen molar-refractivity contribution in [2.75, 3.05) is 13.2 Å². The summed E-state index contributed by atoms with van der Waals surface area (Å²) in [6, 6.07) is 10.00. The minimum atomic E-state index is -0.229. The second kappa shape index (κ2) is 7.21. The van der Waals surface area contributed by atoms with Gasteiger partial charge < -0.3 is 15.0 Å². The van der Waals surface area contributed by atoms with Gasteiger partial charge in [0.05, 0.1) is 20.9 Å². The molecule has 3 aromatic rings. The molecule has 0 saturated heterocycles. The molecule has 0 atom stereocenters. The fourth-order valence-electron chi connectivity index (χ4n) is 2.33. The van der Waals surface area contributed by atoms with E-state index in [4.69, 9.17) is 27.9 Å². The number of aromatic nitrogens is 1. The Morgan fingerprint density at radius 3 is 2.61 bits per heavy atom. The van der Waals surface area contributed by atoms with Crippen molar-refractivity contribution in [2.24, 2.45) is 0 Å². The molecule has 6 heteroatoms. The van der Waals surface area contributed by atoms with Crippen LogP contribution in [0.4, 0.5) is 4.39 Å². The smallest absolute Gasteiger partial charge is 0.130 e. The number of hydrogen-bond acceptors (Lipinski definition) is 2. The third kappa shape index (κ3) is 3.78. The summed E-state index contributed by atoms with van der Waals surface area (Å²) in [7, 11) is 0. The molecule has 0 radical (unpaired) electrons. The predicted octanol–water partition coefficient (Wildman–Crippen LogP) is 4.78. The van der Waals surface area contributed by atoms with Crippen molar-refractivity contribution in [3.05, 3.63) is 64.0 Å². The molecule has 0 amide bonds. The molecule has 0 aliphatic carbocycles. The summed E-state index contributed by atoms with van der Waals surface area (Å²) in [5, 5.41) is 5.22. The summed E-state index contributed by atoms with van der Waals surface area (Å²) < 4.78 is 18.6. The number of fused-ring (bicyclic) bond motifs is 1. The van der Waals surface area contributed by atoms with Gasteiger partial charge in [0.15, 0.2) is 0 Å². The van der Waals surface area contributed by atoms with Crippen LogP contribution >= 0.6 is 23.2 Å². The summed E-state index contributed by atoms with van der Waals surface area (Å²) in [4.78, 5) is 3.03. The highest BCUT2D eigenvalue weighted by Crippen LogP contribution is 2.35. The van der Waals surface area contributed by atoms with Crippen LogP contribution in [0.3, 0.4) is 0 Å². The van der Waals surface area contributed by atoms with Gasteiger partial charge in [0.25, 0.3) is 0 Å². The zero-order valence-electron chi connectivity index (χ0n) is 12.2. The molecule has 0 bridgehead atoms. The highest BCUT2D eigenvalue weighted by Gasteiger charge is 2.11. The van der Waals surface area contributed by atoms with Gasteiger partial charge in [-0.25, -0.2) is 4.39 Å². The van der Waals surface area contributed by atoms with E-state index in [0.717, 1.165) is 16.5 Å². The number of aromatic amines is 1. The van der Waals surface area contributed by atoms with Gasteiger partial charge in [-0.3, -0.25) is 0 Å². The molecule has 0 aliphatic rings. The zero-order chi connectivity index (χ0) is 16.2. The molecule has 0 saturated carbocycles. The fraction of sp³-hybridized carbons (Fsp3) is 0.176. The van der Waals surface area contributed by atoms with Crippen molar-refractivity contribution in [3.8, 4) is 5.75 Å². The summed E-state index contributed by atoms with van der Waals surface area (Å²) in [5.41, 5.74) is 1.79. The van der Waals surface area contributed by atoms with Gasteiger partial charge in [-0.2, -0.15) is 0 Å². The maximum absolute atomic E-state index is 12.8. The number of rotatable bonds is 6. The Morgan fingerprint density at radius 1 is 1.04 bits per heavy atom. The first-order valence-corrected chi connectivity index (χ1v) is 7.94. The highest BCUT2D eigenvalue weighted by molar-refractivity contribution is 6.40. The van der Waals surface area contributed by atoms with Crippen LogP contribution in [0.1, 0.15) is 5.56 Å². The number of hydrogen-bond donors (Lipinski definition) is 2. The third-order valence-corrected chi connectivity index (χ3v) is 4.09. The Morgan fingerprint density at radius 2 is 1.83 bits per heavy atom. The van der Waals surface area contributed by atoms with Crippen molar-refractivity contribution in [2.45, 2.75) is 6.54 Å². The predicted molar refractivity (Wildman–Crippen MR) is 91.9 cm³/mol.